The van der Waals surface area contributed by atoms with Crippen LogP contribution in [0.3, 0.4) is 0 Å². The molecule has 1 aliphatic rings. The largest absolute Gasteiger partial charge is 0.319 e. The first-order valence-corrected chi connectivity index (χ1v) is 7.51. The van der Waals surface area contributed by atoms with Crippen molar-refractivity contribution in [1.82, 2.24) is 15.1 Å². The van der Waals surface area contributed by atoms with E-state index in [0.717, 1.165) is 12.5 Å². The number of likely N-dealkylation sites (tertiary alicyclic amines) is 1. The summed E-state index contributed by atoms with van der Waals surface area (Å²) in [4.78, 5) is 5.01. The molecule has 0 bridgehead atoms. The zero-order chi connectivity index (χ0) is 13.6. The lowest BCUT2D eigenvalue weighted by Crippen LogP contribution is -2.41. The van der Waals surface area contributed by atoms with Crippen molar-refractivity contribution in [1.29, 1.82) is 0 Å². The molecule has 3 nitrogen and oxygen atoms in total. The lowest BCUT2D eigenvalue weighted by atomic mass is 9.84. The molecule has 1 N–H and O–H groups in total. The van der Waals surface area contributed by atoms with Gasteiger partial charge in [0.15, 0.2) is 0 Å². The van der Waals surface area contributed by atoms with Crippen molar-refractivity contribution in [3.63, 3.8) is 0 Å². The van der Waals surface area contributed by atoms with Gasteiger partial charge in [-0.1, -0.05) is 20.3 Å². The first kappa shape index (κ1) is 15.9. The Hall–Kier alpha value is -0.120. The summed E-state index contributed by atoms with van der Waals surface area (Å²) in [6.45, 7) is 10.9. The van der Waals surface area contributed by atoms with Crippen LogP contribution >= 0.6 is 0 Å². The second-order valence-corrected chi connectivity index (χ2v) is 6.70. The highest BCUT2D eigenvalue weighted by Gasteiger charge is 2.27. The summed E-state index contributed by atoms with van der Waals surface area (Å²) >= 11 is 0. The van der Waals surface area contributed by atoms with Crippen LogP contribution in [0.15, 0.2) is 0 Å². The van der Waals surface area contributed by atoms with Gasteiger partial charge in [-0.25, -0.2) is 0 Å². The molecule has 2 atom stereocenters. The van der Waals surface area contributed by atoms with E-state index in [1.165, 1.54) is 45.4 Å². The minimum atomic E-state index is 0.419. The summed E-state index contributed by atoms with van der Waals surface area (Å²) in [6.07, 6.45) is 3.96. The van der Waals surface area contributed by atoms with Crippen LogP contribution in [0.1, 0.15) is 33.1 Å². The molecule has 0 radical (unpaired) electrons. The zero-order valence-corrected chi connectivity index (χ0v) is 13.1. The van der Waals surface area contributed by atoms with Gasteiger partial charge in [-0.2, -0.15) is 0 Å². The van der Waals surface area contributed by atoms with Crippen molar-refractivity contribution >= 4 is 0 Å². The first-order valence-electron chi connectivity index (χ1n) is 7.51. The summed E-state index contributed by atoms with van der Waals surface area (Å²) < 4.78 is 0. The molecule has 0 saturated carbocycles. The molecular weight excluding hydrogens is 222 g/mol. The van der Waals surface area contributed by atoms with Gasteiger partial charge in [0.1, 0.15) is 0 Å². The van der Waals surface area contributed by atoms with Gasteiger partial charge in [-0.3, -0.25) is 0 Å². The molecule has 1 heterocycles. The molecule has 0 amide bonds. The van der Waals surface area contributed by atoms with Crippen LogP contribution in [0.25, 0.3) is 0 Å². The summed E-state index contributed by atoms with van der Waals surface area (Å²) in [7, 11) is 6.60. The highest BCUT2D eigenvalue weighted by atomic mass is 15.2. The van der Waals surface area contributed by atoms with Crippen LogP contribution in [0.2, 0.25) is 0 Å². The Bertz CT molecular complexity index is 224. The Labute approximate surface area is 114 Å². The third-order valence-corrected chi connectivity index (χ3v) is 4.17. The fraction of sp³-hybridized carbons (Fsp3) is 1.00. The quantitative estimate of drug-likeness (QED) is 0.714. The van der Waals surface area contributed by atoms with E-state index in [1.54, 1.807) is 0 Å². The number of nitrogens with one attached hydrogen (secondary N) is 1. The molecule has 3 heteroatoms. The zero-order valence-electron chi connectivity index (χ0n) is 13.1. The SMILES string of the molecule is CCCC(C)(CNC)CN(C)CC1CCN(C)C1. The molecule has 0 spiro atoms. The van der Waals surface area contributed by atoms with Crippen molar-refractivity contribution in [2.75, 3.05) is 53.9 Å². The molecule has 0 aliphatic carbocycles. The van der Waals surface area contributed by atoms with E-state index in [1.807, 2.05) is 0 Å². The van der Waals surface area contributed by atoms with E-state index in [9.17, 15) is 0 Å². The van der Waals surface area contributed by atoms with Crippen LogP contribution < -0.4 is 5.32 Å². The smallest absolute Gasteiger partial charge is 0.00446 e. The van der Waals surface area contributed by atoms with Crippen molar-refractivity contribution in [2.45, 2.75) is 33.1 Å². The predicted molar refractivity (Wildman–Crippen MR) is 80.0 cm³/mol. The fourth-order valence-corrected chi connectivity index (χ4v) is 3.59. The Balaban J connectivity index is 2.38. The van der Waals surface area contributed by atoms with E-state index < -0.39 is 0 Å². The van der Waals surface area contributed by atoms with Crippen molar-refractivity contribution in [3.8, 4) is 0 Å². The van der Waals surface area contributed by atoms with E-state index >= 15 is 0 Å². The summed E-state index contributed by atoms with van der Waals surface area (Å²) in [6, 6.07) is 0. The molecule has 2 unspecified atom stereocenters. The van der Waals surface area contributed by atoms with Gasteiger partial charge in [0.2, 0.25) is 0 Å². The van der Waals surface area contributed by atoms with Gasteiger partial charge in [-0.05, 0) is 51.9 Å². The molecular formula is C15H33N3. The molecule has 108 valence electrons. The highest BCUT2D eigenvalue weighted by Crippen LogP contribution is 2.24. The minimum absolute atomic E-state index is 0.419. The van der Waals surface area contributed by atoms with E-state index in [-0.39, 0.29) is 0 Å². The maximum atomic E-state index is 3.36. The normalized spacial score (nSPS) is 24.7. The molecule has 1 aliphatic heterocycles. The number of hydrogen-bond donors (Lipinski definition) is 1. The van der Waals surface area contributed by atoms with Gasteiger partial charge in [-0.15, -0.1) is 0 Å². The van der Waals surface area contributed by atoms with Crippen LogP contribution in [0.5, 0.6) is 0 Å². The van der Waals surface area contributed by atoms with Gasteiger partial charge in [0, 0.05) is 26.2 Å². The summed E-state index contributed by atoms with van der Waals surface area (Å²) in [5, 5.41) is 3.36. The minimum Gasteiger partial charge on any atom is -0.319 e. The topological polar surface area (TPSA) is 18.5 Å². The second-order valence-electron chi connectivity index (χ2n) is 6.70. The maximum absolute atomic E-state index is 3.36. The molecule has 0 aromatic rings. The molecule has 1 fully saturated rings. The predicted octanol–water partition coefficient (Wildman–Crippen LogP) is 1.90. The first-order chi connectivity index (χ1) is 8.49. The summed E-state index contributed by atoms with van der Waals surface area (Å²) in [5.41, 5.74) is 0.419. The summed E-state index contributed by atoms with van der Waals surface area (Å²) in [5.74, 6) is 0.875. The van der Waals surface area contributed by atoms with E-state index in [2.05, 4.69) is 50.1 Å². The van der Waals surface area contributed by atoms with Gasteiger partial charge in [0.05, 0.1) is 0 Å². The van der Waals surface area contributed by atoms with Gasteiger partial charge >= 0.3 is 0 Å². The van der Waals surface area contributed by atoms with Gasteiger partial charge < -0.3 is 15.1 Å². The highest BCUT2D eigenvalue weighted by molar-refractivity contribution is 4.82. The van der Waals surface area contributed by atoms with Crippen molar-refractivity contribution in [2.24, 2.45) is 11.3 Å². The van der Waals surface area contributed by atoms with Crippen LogP contribution in [0, 0.1) is 11.3 Å². The molecule has 1 rings (SSSR count). The second kappa shape index (κ2) is 7.46. The molecule has 1 saturated heterocycles. The third-order valence-electron chi connectivity index (χ3n) is 4.17. The standard InChI is InChI=1S/C15H33N3/c1-6-8-15(2,12-16-3)13-18(5)11-14-7-9-17(4)10-14/h14,16H,6-13H2,1-5H3. The molecule has 18 heavy (non-hydrogen) atoms. The van der Waals surface area contributed by atoms with Crippen molar-refractivity contribution in [3.05, 3.63) is 0 Å². The number of nitrogens with zero attached hydrogens (tertiary/aromatic N) is 2. The molecule has 0 aromatic carbocycles. The Morgan fingerprint density at radius 2 is 2.17 bits per heavy atom. The monoisotopic (exact) mass is 255 g/mol. The lowest BCUT2D eigenvalue weighted by Gasteiger charge is -2.34. The average molecular weight is 255 g/mol. The Morgan fingerprint density at radius 3 is 2.67 bits per heavy atom. The van der Waals surface area contributed by atoms with E-state index in [0.29, 0.717) is 5.41 Å². The average Bonchev–Trinajstić information content (AvgIpc) is 2.63. The number of rotatable bonds is 8. The van der Waals surface area contributed by atoms with Crippen LogP contribution in [-0.4, -0.2) is 63.7 Å². The maximum Gasteiger partial charge on any atom is 0.00446 e. The Kier molecular flexibility index (Phi) is 6.61. The van der Waals surface area contributed by atoms with Gasteiger partial charge in [0.25, 0.3) is 0 Å². The van der Waals surface area contributed by atoms with Crippen LogP contribution in [-0.2, 0) is 0 Å². The van der Waals surface area contributed by atoms with Crippen molar-refractivity contribution < 1.29 is 0 Å². The van der Waals surface area contributed by atoms with E-state index in [4.69, 9.17) is 0 Å². The lowest BCUT2D eigenvalue weighted by molar-refractivity contribution is 0.159. The van der Waals surface area contributed by atoms with Crippen LogP contribution in [0.4, 0.5) is 0 Å². The molecule has 0 aromatic heterocycles. The fourth-order valence-electron chi connectivity index (χ4n) is 3.59. The third kappa shape index (κ3) is 5.25. The number of hydrogen-bond acceptors (Lipinski definition) is 3. The Morgan fingerprint density at radius 1 is 1.44 bits per heavy atom.